The zero-order valence-corrected chi connectivity index (χ0v) is 10.7. The number of pyridine rings is 1. The van der Waals surface area contributed by atoms with Crippen LogP contribution >= 0.6 is 0 Å². The quantitative estimate of drug-likeness (QED) is 0.647. The molecule has 0 aliphatic rings. The number of anilines is 1. The number of nitrogens with zero attached hydrogens (tertiary/aromatic N) is 3. The molecule has 0 fully saturated rings. The van der Waals surface area contributed by atoms with E-state index in [0.717, 1.165) is 24.3 Å². The Bertz CT molecular complexity index is 508. The number of aromatic nitrogens is 3. The normalized spacial score (nSPS) is 12.8. The minimum absolute atomic E-state index is 0.318. The number of hydrogen-bond donors (Lipinski definition) is 3. The van der Waals surface area contributed by atoms with Gasteiger partial charge >= 0.3 is 0 Å². The molecule has 0 aliphatic carbocycles. The Labute approximate surface area is 106 Å². The van der Waals surface area contributed by atoms with E-state index < -0.39 is 0 Å². The van der Waals surface area contributed by atoms with E-state index in [0.29, 0.717) is 12.5 Å². The average Bonchev–Trinajstić information content (AvgIpc) is 2.70. The van der Waals surface area contributed by atoms with E-state index in [-0.39, 0.29) is 6.10 Å². The first-order valence-electron chi connectivity index (χ1n) is 6.11. The molecule has 0 bridgehead atoms. The summed E-state index contributed by atoms with van der Waals surface area (Å²) in [5.74, 6) is 0.624. The Kier molecular flexibility index (Phi) is 4.11. The smallest absolute Gasteiger partial charge is 0.243 e. The molecule has 6 heteroatoms. The molecule has 0 spiro atoms. The van der Waals surface area contributed by atoms with Gasteiger partial charge < -0.3 is 15.7 Å². The standard InChI is InChI=1S/C12H19N5O/c1-9-3-4-11-15-12(16-17(11)8-9)14-6-5-13-7-10(2)18/h3-4,8,10,13,18H,5-7H2,1-2H3,(H,14,16). The second-order valence-corrected chi connectivity index (χ2v) is 4.42. The first-order valence-corrected chi connectivity index (χ1v) is 6.11. The molecule has 0 amide bonds. The predicted octanol–water partition coefficient (Wildman–Crippen LogP) is 0.420. The Balaban J connectivity index is 1.84. The van der Waals surface area contributed by atoms with Crippen LogP contribution in [-0.4, -0.2) is 45.4 Å². The van der Waals surface area contributed by atoms with Gasteiger partial charge in [-0.3, -0.25) is 0 Å². The highest BCUT2D eigenvalue weighted by atomic mass is 16.3. The second kappa shape index (κ2) is 5.79. The maximum absolute atomic E-state index is 9.08. The molecule has 0 aliphatic heterocycles. The van der Waals surface area contributed by atoms with Crippen molar-refractivity contribution < 1.29 is 5.11 Å². The van der Waals surface area contributed by atoms with E-state index in [1.807, 2.05) is 25.3 Å². The largest absolute Gasteiger partial charge is 0.392 e. The summed E-state index contributed by atoms with van der Waals surface area (Å²) in [5.41, 5.74) is 1.98. The van der Waals surface area contributed by atoms with E-state index in [1.165, 1.54) is 0 Å². The molecule has 0 saturated carbocycles. The molecule has 98 valence electrons. The summed E-state index contributed by atoms with van der Waals surface area (Å²) in [4.78, 5) is 4.35. The topological polar surface area (TPSA) is 74.5 Å². The highest BCUT2D eigenvalue weighted by Crippen LogP contribution is 2.06. The molecule has 0 saturated heterocycles. The SMILES string of the molecule is Cc1ccc2nc(NCCNCC(C)O)nn2c1. The van der Waals surface area contributed by atoms with Gasteiger partial charge in [0, 0.05) is 25.8 Å². The molecule has 2 heterocycles. The molecule has 0 radical (unpaired) electrons. The molecule has 2 aromatic rings. The predicted molar refractivity (Wildman–Crippen MR) is 70.8 cm³/mol. The van der Waals surface area contributed by atoms with Gasteiger partial charge in [0.15, 0.2) is 5.65 Å². The van der Waals surface area contributed by atoms with Crippen molar-refractivity contribution in [2.75, 3.05) is 25.0 Å². The molecule has 1 atom stereocenters. The van der Waals surface area contributed by atoms with E-state index in [4.69, 9.17) is 5.11 Å². The fourth-order valence-electron chi connectivity index (χ4n) is 1.63. The number of rotatable bonds is 6. The van der Waals surface area contributed by atoms with Crippen LogP contribution in [0.5, 0.6) is 0 Å². The minimum atomic E-state index is -0.318. The van der Waals surface area contributed by atoms with Gasteiger partial charge in [0.1, 0.15) is 0 Å². The fraction of sp³-hybridized carbons (Fsp3) is 0.500. The van der Waals surface area contributed by atoms with Crippen molar-refractivity contribution in [1.29, 1.82) is 0 Å². The Hall–Kier alpha value is -1.66. The van der Waals surface area contributed by atoms with Crippen LogP contribution in [0.25, 0.3) is 5.65 Å². The molecule has 18 heavy (non-hydrogen) atoms. The molecule has 2 aromatic heterocycles. The van der Waals surface area contributed by atoms with Crippen LogP contribution in [-0.2, 0) is 0 Å². The molecule has 3 N–H and O–H groups in total. The Morgan fingerprint density at radius 1 is 1.39 bits per heavy atom. The molecule has 6 nitrogen and oxygen atoms in total. The van der Waals surface area contributed by atoms with Crippen molar-refractivity contribution in [3.05, 3.63) is 23.9 Å². The third kappa shape index (κ3) is 3.41. The summed E-state index contributed by atoms with van der Waals surface area (Å²) in [6.07, 6.45) is 1.63. The number of aliphatic hydroxyl groups is 1. The van der Waals surface area contributed by atoms with Gasteiger partial charge in [-0.15, -0.1) is 5.10 Å². The number of aliphatic hydroxyl groups excluding tert-OH is 1. The van der Waals surface area contributed by atoms with Gasteiger partial charge in [-0.25, -0.2) is 4.52 Å². The summed E-state index contributed by atoms with van der Waals surface area (Å²) in [7, 11) is 0. The lowest BCUT2D eigenvalue weighted by Gasteiger charge is -2.06. The van der Waals surface area contributed by atoms with Crippen molar-refractivity contribution in [1.82, 2.24) is 19.9 Å². The van der Waals surface area contributed by atoms with Gasteiger partial charge in [-0.2, -0.15) is 4.98 Å². The van der Waals surface area contributed by atoms with Crippen LogP contribution in [0.1, 0.15) is 12.5 Å². The van der Waals surface area contributed by atoms with Crippen molar-refractivity contribution in [2.45, 2.75) is 20.0 Å². The van der Waals surface area contributed by atoms with Crippen LogP contribution in [0.3, 0.4) is 0 Å². The lowest BCUT2D eigenvalue weighted by atomic mass is 10.3. The van der Waals surface area contributed by atoms with Crippen LogP contribution < -0.4 is 10.6 Å². The minimum Gasteiger partial charge on any atom is -0.392 e. The summed E-state index contributed by atoms with van der Waals surface area (Å²) in [6, 6.07) is 3.96. The number of aryl methyl sites for hydroxylation is 1. The first-order chi connectivity index (χ1) is 8.65. The Morgan fingerprint density at radius 3 is 3.00 bits per heavy atom. The number of nitrogens with one attached hydrogen (secondary N) is 2. The molecule has 1 unspecified atom stereocenters. The molecule has 0 aromatic carbocycles. The molecular formula is C12H19N5O. The summed E-state index contributed by atoms with van der Waals surface area (Å²) >= 11 is 0. The van der Waals surface area contributed by atoms with Gasteiger partial charge in [0.05, 0.1) is 6.10 Å². The second-order valence-electron chi connectivity index (χ2n) is 4.42. The van der Waals surface area contributed by atoms with Gasteiger partial charge in [0.25, 0.3) is 0 Å². The third-order valence-corrected chi connectivity index (χ3v) is 2.50. The summed E-state index contributed by atoms with van der Waals surface area (Å²) < 4.78 is 1.76. The molecular weight excluding hydrogens is 230 g/mol. The van der Waals surface area contributed by atoms with Crippen molar-refractivity contribution in [3.63, 3.8) is 0 Å². The van der Waals surface area contributed by atoms with Crippen LogP contribution in [0.4, 0.5) is 5.95 Å². The maximum atomic E-state index is 9.08. The zero-order chi connectivity index (χ0) is 13.0. The summed E-state index contributed by atoms with van der Waals surface area (Å²) in [6.45, 7) is 5.86. The van der Waals surface area contributed by atoms with Crippen molar-refractivity contribution in [2.24, 2.45) is 0 Å². The van der Waals surface area contributed by atoms with Crippen LogP contribution in [0.2, 0.25) is 0 Å². The third-order valence-electron chi connectivity index (χ3n) is 2.50. The highest BCUT2D eigenvalue weighted by molar-refractivity contribution is 5.44. The lowest BCUT2D eigenvalue weighted by Crippen LogP contribution is -2.29. The van der Waals surface area contributed by atoms with E-state index in [1.54, 1.807) is 11.4 Å². The Morgan fingerprint density at radius 2 is 2.22 bits per heavy atom. The first kappa shape index (κ1) is 12.8. The monoisotopic (exact) mass is 249 g/mol. The zero-order valence-electron chi connectivity index (χ0n) is 10.7. The van der Waals surface area contributed by atoms with Crippen LogP contribution in [0.15, 0.2) is 18.3 Å². The van der Waals surface area contributed by atoms with Crippen molar-refractivity contribution >= 4 is 11.6 Å². The highest BCUT2D eigenvalue weighted by Gasteiger charge is 2.02. The van der Waals surface area contributed by atoms with E-state index in [2.05, 4.69) is 20.7 Å². The average molecular weight is 249 g/mol. The number of hydrogen-bond acceptors (Lipinski definition) is 5. The van der Waals surface area contributed by atoms with E-state index in [9.17, 15) is 0 Å². The van der Waals surface area contributed by atoms with Gasteiger partial charge in [-0.1, -0.05) is 6.07 Å². The fourth-order valence-corrected chi connectivity index (χ4v) is 1.63. The van der Waals surface area contributed by atoms with Gasteiger partial charge in [0.2, 0.25) is 5.95 Å². The summed E-state index contributed by atoms with van der Waals surface area (Å²) in [5, 5.41) is 19.7. The van der Waals surface area contributed by atoms with Crippen LogP contribution in [0, 0.1) is 6.92 Å². The lowest BCUT2D eigenvalue weighted by molar-refractivity contribution is 0.192. The van der Waals surface area contributed by atoms with Crippen molar-refractivity contribution in [3.8, 4) is 0 Å². The van der Waals surface area contributed by atoms with Gasteiger partial charge in [-0.05, 0) is 25.5 Å². The maximum Gasteiger partial charge on any atom is 0.243 e. The number of fused-ring (bicyclic) bond motifs is 1. The van der Waals surface area contributed by atoms with E-state index >= 15 is 0 Å². The molecule has 2 rings (SSSR count).